The zero-order valence-electron chi connectivity index (χ0n) is 49.0. The lowest BCUT2D eigenvalue weighted by molar-refractivity contribution is -0.347. The van der Waals surface area contributed by atoms with Gasteiger partial charge < -0.3 is 52.1 Å². The summed E-state index contributed by atoms with van der Waals surface area (Å²) in [5.74, 6) is 5.28. The predicted octanol–water partition coefficient (Wildman–Crippen LogP) is 13.5. The van der Waals surface area contributed by atoms with Gasteiger partial charge in [0.15, 0.2) is 31.5 Å². The van der Waals surface area contributed by atoms with Gasteiger partial charge >= 0.3 is 0 Å². The van der Waals surface area contributed by atoms with Gasteiger partial charge in [-0.1, -0.05) is 145 Å². The van der Waals surface area contributed by atoms with Crippen LogP contribution in [-0.4, -0.2) is 105 Å². The van der Waals surface area contributed by atoms with Crippen LogP contribution in [0.4, 0.5) is 0 Å². The highest BCUT2D eigenvalue weighted by atomic mass is 16.7. The summed E-state index contributed by atoms with van der Waals surface area (Å²) < 4.78 is 72.1. The third-order valence-corrected chi connectivity index (χ3v) is 20.1. The molecule has 0 aromatic carbocycles. The number of ether oxygens (including phenoxy) is 11. The average molecular weight is 1010 g/mol. The lowest BCUT2D eigenvalue weighted by atomic mass is 9.78. The molecule has 11 nitrogen and oxygen atoms in total. The summed E-state index contributed by atoms with van der Waals surface area (Å²) in [6.45, 7) is 51.5. The summed E-state index contributed by atoms with van der Waals surface area (Å²) in [6.07, 6.45) is 7.03. The van der Waals surface area contributed by atoms with Crippen LogP contribution in [0, 0.1) is 82.9 Å². The largest absolute Gasteiger partial charge is 0.372 e. The van der Waals surface area contributed by atoms with E-state index in [4.69, 9.17) is 52.1 Å². The van der Waals surface area contributed by atoms with Crippen LogP contribution in [0.1, 0.15) is 184 Å². The average Bonchev–Trinajstić information content (AvgIpc) is 3.36. The van der Waals surface area contributed by atoms with Crippen LogP contribution in [0.25, 0.3) is 0 Å². The molecule has 0 radical (unpaired) electrons. The molecule has 6 rings (SSSR count). The van der Waals surface area contributed by atoms with Crippen molar-refractivity contribution >= 4 is 0 Å². The Labute approximate surface area is 435 Å². The fraction of sp³-hybridized carbons (Fsp3) is 0.967. The van der Waals surface area contributed by atoms with Crippen LogP contribution < -0.4 is 0 Å². The van der Waals surface area contributed by atoms with Crippen LogP contribution >= 0.6 is 0 Å². The molecule has 0 aromatic heterocycles. The fourth-order valence-electron chi connectivity index (χ4n) is 13.0. The van der Waals surface area contributed by atoms with Gasteiger partial charge in [0.2, 0.25) is 0 Å². The second-order valence-electron chi connectivity index (χ2n) is 24.1. The molecule has 6 aliphatic heterocycles. The van der Waals surface area contributed by atoms with Gasteiger partial charge in [0.1, 0.15) is 0 Å². The van der Waals surface area contributed by atoms with Gasteiger partial charge in [0.25, 0.3) is 0 Å². The van der Waals surface area contributed by atoms with E-state index in [0.29, 0.717) is 59.9 Å². The van der Waals surface area contributed by atoms with Crippen LogP contribution in [0.5, 0.6) is 0 Å². The van der Waals surface area contributed by atoms with Gasteiger partial charge in [0.05, 0.1) is 73.8 Å². The van der Waals surface area contributed by atoms with E-state index in [1.165, 1.54) is 0 Å². The molecule has 0 bridgehead atoms. The van der Waals surface area contributed by atoms with Crippen molar-refractivity contribution in [2.24, 2.45) is 82.9 Å². The molecule has 30 unspecified atom stereocenters. The van der Waals surface area contributed by atoms with Gasteiger partial charge in [-0.3, -0.25) is 0 Å². The lowest BCUT2D eigenvalue weighted by Gasteiger charge is -2.51. The second-order valence-corrected chi connectivity index (χ2v) is 24.1. The molecule has 0 spiro atoms. The van der Waals surface area contributed by atoms with E-state index in [2.05, 4.69) is 152 Å². The molecule has 0 aromatic rings. The quantitative estimate of drug-likeness (QED) is 0.130. The first-order valence-corrected chi connectivity index (χ1v) is 29.4. The number of hydrogen-bond donors (Lipinski definition) is 0. The van der Waals surface area contributed by atoms with E-state index in [9.17, 15) is 0 Å². The highest BCUT2D eigenvalue weighted by Gasteiger charge is 2.52. The van der Waals surface area contributed by atoms with E-state index in [1.54, 1.807) is 6.08 Å². The fourth-order valence-corrected chi connectivity index (χ4v) is 13.0. The molecule has 0 saturated carbocycles. The summed E-state index contributed by atoms with van der Waals surface area (Å²) in [5, 5.41) is 0. The molecule has 11 heteroatoms. The zero-order chi connectivity index (χ0) is 52.8. The minimum Gasteiger partial charge on any atom is -0.372 e. The van der Waals surface area contributed by atoms with Gasteiger partial charge in [0, 0.05) is 29.6 Å². The first-order chi connectivity index (χ1) is 33.6. The van der Waals surface area contributed by atoms with E-state index < -0.39 is 0 Å². The maximum Gasteiger partial charge on any atom is 0.161 e. The Bertz CT molecular complexity index is 1540. The highest BCUT2D eigenvalue weighted by Crippen LogP contribution is 2.45. The van der Waals surface area contributed by atoms with Crippen molar-refractivity contribution in [3.63, 3.8) is 0 Å². The molecule has 30 atom stereocenters. The molecular formula is C60H110O11. The van der Waals surface area contributed by atoms with E-state index >= 15 is 0 Å². The minimum atomic E-state index is -0.297. The molecule has 416 valence electrons. The molecule has 6 saturated heterocycles. The lowest BCUT2D eigenvalue weighted by Crippen LogP contribution is -2.57. The maximum atomic E-state index is 6.80. The SMILES string of the molecule is C=CCOC1OC(CC)C(OC2OC(CC)C(OC3OC(CC)C(C)C(C)C3C)C(C)C2C)C(C)C1C.CCC1OC(OC2C(CC)OC(OC3C(CC)OC(C)C(C)C3C)C(C)C2C)C(C)C(C)C1C. The van der Waals surface area contributed by atoms with Gasteiger partial charge in [-0.2, -0.15) is 0 Å². The zero-order valence-corrected chi connectivity index (χ0v) is 49.0. The Morgan fingerprint density at radius 3 is 0.859 bits per heavy atom. The van der Waals surface area contributed by atoms with E-state index in [1.807, 2.05) is 0 Å². The van der Waals surface area contributed by atoms with Gasteiger partial charge in [-0.25, -0.2) is 0 Å². The Kier molecular flexibility index (Phi) is 23.7. The van der Waals surface area contributed by atoms with Crippen molar-refractivity contribution in [2.75, 3.05) is 6.61 Å². The first-order valence-electron chi connectivity index (χ1n) is 29.4. The first kappa shape index (κ1) is 61.2. The maximum absolute atomic E-state index is 6.80. The van der Waals surface area contributed by atoms with E-state index in [-0.39, 0.29) is 128 Å². The summed E-state index contributed by atoms with van der Waals surface area (Å²) in [6, 6.07) is 0. The summed E-state index contributed by atoms with van der Waals surface area (Å²) in [7, 11) is 0. The second kappa shape index (κ2) is 27.6. The van der Waals surface area contributed by atoms with Crippen molar-refractivity contribution in [3.8, 4) is 0 Å². The Morgan fingerprint density at radius 2 is 0.549 bits per heavy atom. The molecule has 71 heavy (non-hydrogen) atoms. The van der Waals surface area contributed by atoms with Crippen LogP contribution in [-0.2, 0) is 52.1 Å². The van der Waals surface area contributed by atoms with Gasteiger partial charge in [-0.05, 0) is 98.7 Å². The molecular weight excluding hydrogens is 897 g/mol. The van der Waals surface area contributed by atoms with Crippen molar-refractivity contribution < 1.29 is 52.1 Å². The molecule has 0 amide bonds. The molecule has 6 fully saturated rings. The molecule has 0 aliphatic carbocycles. The van der Waals surface area contributed by atoms with Crippen molar-refractivity contribution in [3.05, 3.63) is 12.7 Å². The Morgan fingerprint density at radius 1 is 0.296 bits per heavy atom. The molecule has 0 N–H and O–H groups in total. The van der Waals surface area contributed by atoms with Crippen molar-refractivity contribution in [2.45, 2.75) is 283 Å². The summed E-state index contributed by atoms with van der Waals surface area (Å²) >= 11 is 0. The summed E-state index contributed by atoms with van der Waals surface area (Å²) in [5.41, 5.74) is 0. The standard InChI is InChI=1S/C31H56O6.C29H54O5/c1-12-16-32-29-22(10)19(7)27(25(14-3)34-29)37-31-23(11)20(8)28(26(15-4)35-31)36-30-21(9)17(5)18(6)24(13-2)33-30;1-12-23-17(6)15(4)20(9)28(31-23)34-27-19(8)21(10)29(32-25(27)14-3)33-26-18(7)16(5)22(11)30-24(26)13-2/h12,17-31H,1,13-16H2,2-11H3;15-29H,12-14H2,1-11H3. The Balaban J connectivity index is 0.000000265. The predicted molar refractivity (Wildman–Crippen MR) is 283 cm³/mol. The highest BCUT2D eigenvalue weighted by molar-refractivity contribution is 4.94. The third-order valence-electron chi connectivity index (χ3n) is 20.1. The molecule has 6 aliphatic rings. The van der Waals surface area contributed by atoms with Gasteiger partial charge in [-0.15, -0.1) is 6.58 Å². The van der Waals surface area contributed by atoms with Crippen LogP contribution in [0.2, 0.25) is 0 Å². The third kappa shape index (κ3) is 13.7. The smallest absolute Gasteiger partial charge is 0.161 e. The van der Waals surface area contributed by atoms with Crippen LogP contribution in [0.15, 0.2) is 12.7 Å². The normalized spacial score (nSPS) is 50.7. The van der Waals surface area contributed by atoms with Crippen LogP contribution in [0.3, 0.4) is 0 Å². The Hall–Kier alpha value is -0.700. The summed E-state index contributed by atoms with van der Waals surface area (Å²) in [4.78, 5) is 0. The van der Waals surface area contributed by atoms with E-state index in [0.717, 1.165) is 38.5 Å². The number of rotatable bonds is 17. The van der Waals surface area contributed by atoms with Crippen molar-refractivity contribution in [1.29, 1.82) is 0 Å². The topological polar surface area (TPSA) is 102 Å². The monoisotopic (exact) mass is 1010 g/mol. The number of hydrogen-bond acceptors (Lipinski definition) is 11. The molecule has 6 heterocycles. The minimum absolute atomic E-state index is 0.00188. The van der Waals surface area contributed by atoms with Crippen molar-refractivity contribution in [1.82, 2.24) is 0 Å².